The van der Waals surface area contributed by atoms with Crippen molar-refractivity contribution in [2.45, 2.75) is 65.2 Å². The molecular formula is C24H35N3O5. The maximum Gasteiger partial charge on any atom is 0.410 e. The van der Waals surface area contributed by atoms with Crippen LogP contribution in [0.15, 0.2) is 30.3 Å². The summed E-state index contributed by atoms with van der Waals surface area (Å²) in [6, 6.07) is 9.51. The molecule has 2 fully saturated rings. The van der Waals surface area contributed by atoms with E-state index in [1.807, 2.05) is 62.9 Å². The van der Waals surface area contributed by atoms with E-state index in [9.17, 15) is 14.4 Å². The average molecular weight is 446 g/mol. The Morgan fingerprint density at radius 2 is 1.94 bits per heavy atom. The van der Waals surface area contributed by atoms with E-state index in [2.05, 4.69) is 5.32 Å². The molecule has 0 aromatic heterocycles. The fraction of sp³-hybridized carbons (Fsp3) is 0.625. The van der Waals surface area contributed by atoms with Gasteiger partial charge in [0.1, 0.15) is 12.2 Å². The summed E-state index contributed by atoms with van der Waals surface area (Å²) >= 11 is 0. The highest BCUT2D eigenvalue weighted by atomic mass is 16.6. The first kappa shape index (κ1) is 23.9. The zero-order chi connectivity index (χ0) is 23.4. The summed E-state index contributed by atoms with van der Waals surface area (Å²) in [4.78, 5) is 41.4. The van der Waals surface area contributed by atoms with Gasteiger partial charge in [-0.3, -0.25) is 4.79 Å². The van der Waals surface area contributed by atoms with Crippen molar-refractivity contribution in [3.63, 3.8) is 0 Å². The number of benzene rings is 1. The smallest absolute Gasteiger partial charge is 0.410 e. The molecule has 0 bridgehead atoms. The van der Waals surface area contributed by atoms with E-state index in [1.165, 1.54) is 0 Å². The number of rotatable bonds is 5. The van der Waals surface area contributed by atoms with Gasteiger partial charge in [0.05, 0.1) is 5.41 Å². The zero-order valence-electron chi connectivity index (χ0n) is 19.6. The molecule has 8 heteroatoms. The Bertz CT molecular complexity index is 823. The number of nitrogens with one attached hydrogen (secondary N) is 1. The van der Waals surface area contributed by atoms with Crippen molar-refractivity contribution >= 4 is 18.1 Å². The number of carbonyl (C=O) groups excluding carboxylic acids is 3. The number of carbonyl (C=O) groups is 3. The minimum Gasteiger partial charge on any atom is -0.445 e. The van der Waals surface area contributed by atoms with Crippen LogP contribution < -0.4 is 5.32 Å². The summed E-state index contributed by atoms with van der Waals surface area (Å²) in [5.41, 5.74) is -0.219. The zero-order valence-corrected chi connectivity index (χ0v) is 19.6. The number of alkyl carbamates (subject to hydrolysis) is 1. The molecule has 1 spiro atoms. The van der Waals surface area contributed by atoms with Crippen LogP contribution in [0.4, 0.5) is 9.59 Å². The molecule has 176 valence electrons. The third-order valence-corrected chi connectivity index (χ3v) is 6.00. The molecule has 2 heterocycles. The van der Waals surface area contributed by atoms with Gasteiger partial charge >= 0.3 is 12.2 Å². The Morgan fingerprint density at radius 1 is 1.22 bits per heavy atom. The molecule has 2 aliphatic rings. The summed E-state index contributed by atoms with van der Waals surface area (Å²) in [5.74, 6) is 0.0534. The monoisotopic (exact) mass is 445 g/mol. The van der Waals surface area contributed by atoms with Gasteiger partial charge in [-0.2, -0.15) is 0 Å². The lowest BCUT2D eigenvalue weighted by atomic mass is 9.77. The van der Waals surface area contributed by atoms with E-state index in [0.29, 0.717) is 32.6 Å². The maximum absolute atomic E-state index is 13.3. The molecule has 2 unspecified atom stereocenters. The van der Waals surface area contributed by atoms with Gasteiger partial charge in [0.25, 0.3) is 0 Å². The molecule has 32 heavy (non-hydrogen) atoms. The fourth-order valence-electron chi connectivity index (χ4n) is 4.60. The third kappa shape index (κ3) is 5.93. The summed E-state index contributed by atoms with van der Waals surface area (Å²) in [7, 11) is 0. The summed E-state index contributed by atoms with van der Waals surface area (Å²) in [6.07, 6.45) is 1.37. The van der Waals surface area contributed by atoms with Gasteiger partial charge in [0, 0.05) is 32.2 Å². The molecule has 0 aliphatic carbocycles. The Morgan fingerprint density at radius 3 is 2.62 bits per heavy atom. The summed E-state index contributed by atoms with van der Waals surface area (Å²) in [5, 5.41) is 2.73. The maximum atomic E-state index is 13.3. The largest absolute Gasteiger partial charge is 0.445 e. The first-order valence-electron chi connectivity index (χ1n) is 11.3. The molecule has 8 nitrogen and oxygen atoms in total. The SMILES string of the molecule is CC1CC2(CCCN(C(=O)OC(C)(C)C)C2)C(=O)N1CCNC(=O)OCc1ccccc1. The van der Waals surface area contributed by atoms with Crippen molar-refractivity contribution in [1.82, 2.24) is 15.1 Å². The van der Waals surface area contributed by atoms with E-state index in [4.69, 9.17) is 9.47 Å². The highest BCUT2D eigenvalue weighted by molar-refractivity contribution is 5.86. The molecule has 3 amide bonds. The first-order valence-corrected chi connectivity index (χ1v) is 11.3. The minimum atomic E-state index is -0.568. The summed E-state index contributed by atoms with van der Waals surface area (Å²) < 4.78 is 10.7. The van der Waals surface area contributed by atoms with E-state index in [0.717, 1.165) is 18.4 Å². The second kappa shape index (κ2) is 9.79. The average Bonchev–Trinajstić information content (AvgIpc) is 2.95. The van der Waals surface area contributed by atoms with Gasteiger partial charge in [-0.25, -0.2) is 9.59 Å². The highest BCUT2D eigenvalue weighted by Gasteiger charge is 2.52. The van der Waals surface area contributed by atoms with E-state index >= 15 is 0 Å². The van der Waals surface area contributed by atoms with Crippen LogP contribution in [0.25, 0.3) is 0 Å². The van der Waals surface area contributed by atoms with Gasteiger partial charge in [0.15, 0.2) is 0 Å². The molecule has 2 aliphatic heterocycles. The highest BCUT2D eigenvalue weighted by Crippen LogP contribution is 2.43. The van der Waals surface area contributed by atoms with Crippen LogP contribution in [0.5, 0.6) is 0 Å². The lowest BCUT2D eigenvalue weighted by Gasteiger charge is -2.39. The number of amides is 3. The van der Waals surface area contributed by atoms with E-state index in [1.54, 1.807) is 4.90 Å². The fourth-order valence-corrected chi connectivity index (χ4v) is 4.60. The Labute approximate surface area is 190 Å². The Kier molecular flexibility index (Phi) is 7.31. The minimum absolute atomic E-state index is 0.0447. The standard InChI is InChI=1S/C24H35N3O5/c1-18-15-24(11-8-13-26(17-24)22(30)32-23(2,3)4)20(28)27(18)14-12-25-21(29)31-16-19-9-6-5-7-10-19/h5-7,9-10,18H,8,11-17H2,1-4H3,(H,25,29). The predicted molar refractivity (Wildman–Crippen MR) is 120 cm³/mol. The van der Waals surface area contributed by atoms with Crippen molar-refractivity contribution in [3.05, 3.63) is 35.9 Å². The van der Waals surface area contributed by atoms with Gasteiger partial charge < -0.3 is 24.6 Å². The van der Waals surface area contributed by atoms with Gasteiger partial charge in [-0.15, -0.1) is 0 Å². The number of nitrogens with zero attached hydrogens (tertiary/aromatic N) is 2. The quantitative estimate of drug-likeness (QED) is 0.749. The predicted octanol–water partition coefficient (Wildman–Crippen LogP) is 3.55. The number of hydrogen-bond donors (Lipinski definition) is 1. The van der Waals surface area contributed by atoms with Crippen LogP contribution in [-0.4, -0.2) is 65.7 Å². The molecule has 0 radical (unpaired) electrons. The first-order chi connectivity index (χ1) is 15.1. The third-order valence-electron chi connectivity index (χ3n) is 6.00. The second-order valence-corrected chi connectivity index (χ2v) is 9.83. The molecule has 2 saturated heterocycles. The second-order valence-electron chi connectivity index (χ2n) is 9.83. The van der Waals surface area contributed by atoms with E-state index in [-0.39, 0.29) is 24.6 Å². The van der Waals surface area contributed by atoms with E-state index < -0.39 is 17.1 Å². The van der Waals surface area contributed by atoms with Crippen molar-refractivity contribution in [2.24, 2.45) is 5.41 Å². The molecule has 1 aromatic rings. The number of likely N-dealkylation sites (tertiary alicyclic amines) is 2. The van der Waals surface area contributed by atoms with Crippen molar-refractivity contribution in [1.29, 1.82) is 0 Å². The summed E-state index contributed by atoms with van der Waals surface area (Å²) in [6.45, 7) is 9.46. The lowest BCUT2D eigenvalue weighted by Crippen LogP contribution is -2.51. The van der Waals surface area contributed by atoms with Crippen LogP contribution in [0.2, 0.25) is 0 Å². The topological polar surface area (TPSA) is 88.2 Å². The van der Waals surface area contributed by atoms with Crippen molar-refractivity contribution in [3.8, 4) is 0 Å². The molecule has 1 aromatic carbocycles. The molecule has 3 rings (SSSR count). The van der Waals surface area contributed by atoms with Gasteiger partial charge in [-0.05, 0) is 52.5 Å². The molecule has 1 N–H and O–H groups in total. The van der Waals surface area contributed by atoms with Crippen LogP contribution in [-0.2, 0) is 20.9 Å². The number of piperidine rings is 1. The Hall–Kier alpha value is -2.77. The van der Waals surface area contributed by atoms with Crippen molar-refractivity contribution < 1.29 is 23.9 Å². The number of ether oxygens (including phenoxy) is 2. The normalized spacial score (nSPS) is 23.4. The van der Waals surface area contributed by atoms with Crippen LogP contribution in [0.3, 0.4) is 0 Å². The van der Waals surface area contributed by atoms with Crippen LogP contribution >= 0.6 is 0 Å². The van der Waals surface area contributed by atoms with Gasteiger partial charge in [-0.1, -0.05) is 30.3 Å². The van der Waals surface area contributed by atoms with Crippen LogP contribution in [0.1, 0.15) is 52.5 Å². The molecular weight excluding hydrogens is 410 g/mol. The number of hydrogen-bond acceptors (Lipinski definition) is 5. The van der Waals surface area contributed by atoms with Gasteiger partial charge in [0.2, 0.25) is 5.91 Å². The Balaban J connectivity index is 1.50. The van der Waals surface area contributed by atoms with Crippen LogP contribution in [0, 0.1) is 5.41 Å². The lowest BCUT2D eigenvalue weighted by molar-refractivity contribution is -0.139. The molecule has 2 atom stereocenters. The van der Waals surface area contributed by atoms with Crippen molar-refractivity contribution in [2.75, 3.05) is 26.2 Å². The molecule has 0 saturated carbocycles.